The van der Waals surface area contributed by atoms with E-state index in [0.29, 0.717) is 36.4 Å². The molecule has 1 fully saturated rings. The maximum Gasteiger partial charge on any atom is 0.256 e. The normalized spacial score (nSPS) is 14.9. The van der Waals surface area contributed by atoms with E-state index in [9.17, 15) is 9.59 Å². The molecule has 8 heteroatoms. The first kappa shape index (κ1) is 23.7. The first-order valence-corrected chi connectivity index (χ1v) is 9.78. The fraction of sp³-hybridized carbons (Fsp3) is 0.364. The van der Waals surface area contributed by atoms with Crippen LogP contribution in [0.4, 0.5) is 11.4 Å². The molecule has 3 rings (SSSR count). The van der Waals surface area contributed by atoms with Crippen LogP contribution in [0.5, 0.6) is 5.75 Å². The Bertz CT molecular complexity index is 834. The van der Waals surface area contributed by atoms with Gasteiger partial charge in [0, 0.05) is 24.0 Å². The molecular formula is C22H28ClN3O4. The number of ether oxygens (including phenoxy) is 2. The van der Waals surface area contributed by atoms with Crippen LogP contribution in [0, 0.1) is 0 Å². The number of carbonyl (C=O) groups excluding carboxylic acids is 2. The van der Waals surface area contributed by atoms with Crippen molar-refractivity contribution >= 4 is 35.6 Å². The van der Waals surface area contributed by atoms with Crippen molar-refractivity contribution in [1.82, 2.24) is 5.32 Å². The number of amides is 2. The first-order chi connectivity index (χ1) is 14.1. The molecule has 0 aromatic heterocycles. The van der Waals surface area contributed by atoms with Gasteiger partial charge in [0.25, 0.3) is 11.8 Å². The third kappa shape index (κ3) is 5.72. The average Bonchev–Trinajstić information content (AvgIpc) is 2.76. The van der Waals surface area contributed by atoms with E-state index >= 15 is 0 Å². The van der Waals surface area contributed by atoms with Gasteiger partial charge in [0.15, 0.2) is 0 Å². The molecule has 0 saturated carbocycles. The Morgan fingerprint density at radius 2 is 1.53 bits per heavy atom. The molecule has 1 aliphatic rings. The maximum absolute atomic E-state index is 12.7. The summed E-state index contributed by atoms with van der Waals surface area (Å²) in [5.41, 5.74) is 1.00. The third-order valence-electron chi connectivity index (χ3n) is 5.04. The fourth-order valence-corrected chi connectivity index (χ4v) is 3.31. The quantitative estimate of drug-likeness (QED) is 0.622. The zero-order valence-corrected chi connectivity index (χ0v) is 18.0. The number of piperidine rings is 1. The first-order valence-electron chi connectivity index (χ1n) is 9.78. The smallest absolute Gasteiger partial charge is 0.256 e. The van der Waals surface area contributed by atoms with Crippen molar-refractivity contribution in [3.05, 3.63) is 54.1 Å². The van der Waals surface area contributed by atoms with E-state index in [1.54, 1.807) is 43.5 Å². The molecular weight excluding hydrogens is 406 g/mol. The number of benzene rings is 2. The van der Waals surface area contributed by atoms with Crippen LogP contribution in [0.2, 0.25) is 0 Å². The summed E-state index contributed by atoms with van der Waals surface area (Å²) in [6, 6.07) is 14.0. The number of hydrogen-bond donors (Lipinski definition) is 3. The lowest BCUT2D eigenvalue weighted by atomic mass is 9.91. The number of anilines is 2. The van der Waals surface area contributed by atoms with E-state index in [-0.39, 0.29) is 24.2 Å². The molecule has 0 atom stereocenters. The van der Waals surface area contributed by atoms with Crippen LogP contribution in [-0.2, 0) is 9.53 Å². The molecule has 0 bridgehead atoms. The lowest BCUT2D eigenvalue weighted by molar-refractivity contribution is -0.140. The summed E-state index contributed by atoms with van der Waals surface area (Å²) in [5.74, 6) is 0.375. The van der Waals surface area contributed by atoms with Crippen molar-refractivity contribution in [2.45, 2.75) is 25.4 Å². The molecule has 0 unspecified atom stereocenters. The summed E-state index contributed by atoms with van der Waals surface area (Å²) in [4.78, 5) is 25.1. The molecule has 0 radical (unpaired) electrons. The van der Waals surface area contributed by atoms with Gasteiger partial charge < -0.3 is 25.4 Å². The number of carbonyl (C=O) groups is 2. The van der Waals surface area contributed by atoms with Gasteiger partial charge in [-0.3, -0.25) is 9.59 Å². The number of rotatable bonds is 7. The lowest BCUT2D eigenvalue weighted by Gasteiger charge is -2.34. The van der Waals surface area contributed by atoms with Crippen LogP contribution in [0.3, 0.4) is 0 Å². The van der Waals surface area contributed by atoms with E-state index < -0.39 is 5.60 Å². The molecule has 1 heterocycles. The molecule has 3 N–H and O–H groups in total. The predicted molar refractivity (Wildman–Crippen MR) is 120 cm³/mol. The zero-order valence-electron chi connectivity index (χ0n) is 17.2. The van der Waals surface area contributed by atoms with Gasteiger partial charge in [0.2, 0.25) is 0 Å². The van der Waals surface area contributed by atoms with Crippen LogP contribution in [0.25, 0.3) is 0 Å². The SMILES string of the molecule is CCOc1ccc(NC(=O)c2ccc(NC(=O)C3(OC)CCNCC3)cc2)cc1.Cl. The minimum Gasteiger partial charge on any atom is -0.494 e. The molecule has 1 aliphatic heterocycles. The van der Waals surface area contributed by atoms with Crippen LogP contribution in [0.15, 0.2) is 48.5 Å². The highest BCUT2D eigenvalue weighted by Gasteiger charge is 2.39. The van der Waals surface area contributed by atoms with Crippen LogP contribution in [0.1, 0.15) is 30.1 Å². The van der Waals surface area contributed by atoms with Crippen LogP contribution < -0.4 is 20.7 Å². The van der Waals surface area contributed by atoms with E-state index in [1.165, 1.54) is 0 Å². The van der Waals surface area contributed by atoms with E-state index in [1.807, 2.05) is 19.1 Å². The van der Waals surface area contributed by atoms with Crippen molar-refractivity contribution in [1.29, 1.82) is 0 Å². The summed E-state index contributed by atoms with van der Waals surface area (Å²) in [7, 11) is 1.57. The van der Waals surface area contributed by atoms with Crippen LogP contribution >= 0.6 is 12.4 Å². The minimum absolute atomic E-state index is 0. The summed E-state index contributed by atoms with van der Waals surface area (Å²) in [6.07, 6.45) is 1.25. The van der Waals surface area contributed by atoms with Crippen molar-refractivity contribution in [2.75, 3.05) is 37.4 Å². The Kier molecular flexibility index (Phi) is 8.65. The molecule has 162 valence electrons. The van der Waals surface area contributed by atoms with E-state index in [2.05, 4.69) is 16.0 Å². The van der Waals surface area contributed by atoms with Gasteiger partial charge in [0.05, 0.1) is 6.61 Å². The highest BCUT2D eigenvalue weighted by Crippen LogP contribution is 2.25. The Morgan fingerprint density at radius 1 is 0.967 bits per heavy atom. The van der Waals surface area contributed by atoms with E-state index in [0.717, 1.165) is 18.8 Å². The van der Waals surface area contributed by atoms with Crippen molar-refractivity contribution in [3.63, 3.8) is 0 Å². The number of halogens is 1. The van der Waals surface area contributed by atoms with E-state index in [4.69, 9.17) is 9.47 Å². The van der Waals surface area contributed by atoms with Gasteiger partial charge in [-0.2, -0.15) is 0 Å². The second-order valence-electron chi connectivity index (χ2n) is 6.89. The number of nitrogens with one attached hydrogen (secondary N) is 3. The zero-order chi connectivity index (χ0) is 20.7. The topological polar surface area (TPSA) is 88.7 Å². The second-order valence-corrected chi connectivity index (χ2v) is 6.89. The molecule has 0 aliphatic carbocycles. The summed E-state index contributed by atoms with van der Waals surface area (Å²) in [5, 5.41) is 8.98. The number of methoxy groups -OCH3 is 1. The Morgan fingerprint density at radius 3 is 2.10 bits per heavy atom. The predicted octanol–water partition coefficient (Wildman–Crippen LogP) is 3.47. The molecule has 0 spiro atoms. The fourth-order valence-electron chi connectivity index (χ4n) is 3.31. The van der Waals surface area contributed by atoms with Crippen molar-refractivity contribution < 1.29 is 19.1 Å². The molecule has 30 heavy (non-hydrogen) atoms. The molecule has 2 aromatic carbocycles. The van der Waals surface area contributed by atoms with Gasteiger partial charge in [-0.05, 0) is 81.4 Å². The number of hydrogen-bond acceptors (Lipinski definition) is 5. The summed E-state index contributed by atoms with van der Waals surface area (Å²) >= 11 is 0. The average molecular weight is 434 g/mol. The monoisotopic (exact) mass is 433 g/mol. The maximum atomic E-state index is 12.7. The third-order valence-corrected chi connectivity index (χ3v) is 5.04. The largest absolute Gasteiger partial charge is 0.494 e. The highest BCUT2D eigenvalue weighted by atomic mass is 35.5. The van der Waals surface area contributed by atoms with Crippen molar-refractivity contribution in [2.24, 2.45) is 0 Å². The Balaban J connectivity index is 0.00000320. The summed E-state index contributed by atoms with van der Waals surface area (Å²) < 4.78 is 10.9. The molecule has 2 aromatic rings. The van der Waals surface area contributed by atoms with Gasteiger partial charge in [0.1, 0.15) is 11.4 Å². The second kappa shape index (κ2) is 11.0. The molecule has 7 nitrogen and oxygen atoms in total. The Labute approximate surface area is 182 Å². The van der Waals surface area contributed by atoms with Gasteiger partial charge in [-0.15, -0.1) is 12.4 Å². The van der Waals surface area contributed by atoms with Gasteiger partial charge in [-0.1, -0.05) is 0 Å². The molecule has 1 saturated heterocycles. The van der Waals surface area contributed by atoms with Gasteiger partial charge >= 0.3 is 0 Å². The summed E-state index contributed by atoms with van der Waals surface area (Å²) in [6.45, 7) is 4.00. The van der Waals surface area contributed by atoms with Crippen LogP contribution in [-0.4, -0.2) is 44.2 Å². The lowest BCUT2D eigenvalue weighted by Crippen LogP contribution is -2.51. The minimum atomic E-state index is -0.811. The Hall–Kier alpha value is -2.61. The molecule has 2 amide bonds. The highest BCUT2D eigenvalue weighted by molar-refractivity contribution is 6.05. The van der Waals surface area contributed by atoms with Gasteiger partial charge in [-0.25, -0.2) is 0 Å². The van der Waals surface area contributed by atoms with Crippen molar-refractivity contribution in [3.8, 4) is 5.75 Å². The standard InChI is InChI=1S/C22H27N3O4.ClH/c1-3-29-19-10-8-17(9-11-19)24-20(26)16-4-6-18(7-5-16)25-21(27)22(28-2)12-14-23-15-13-22;/h4-11,23H,3,12-15H2,1-2H3,(H,24,26)(H,25,27);1H.